The van der Waals surface area contributed by atoms with E-state index in [1.165, 1.54) is 4.31 Å². The molecule has 9 heteroatoms. The van der Waals surface area contributed by atoms with Crippen LogP contribution in [0, 0.1) is 26.7 Å². The number of aromatic nitrogens is 2. The molecule has 1 aliphatic rings. The lowest BCUT2D eigenvalue weighted by Gasteiger charge is -2.30. The average molecular weight is 378 g/mol. The Morgan fingerprint density at radius 1 is 1.23 bits per heavy atom. The molecule has 0 unspecified atom stereocenters. The highest BCUT2D eigenvalue weighted by Crippen LogP contribution is 2.28. The smallest absolute Gasteiger partial charge is 0.248 e. The fourth-order valence-electron chi connectivity index (χ4n) is 3.10. The van der Waals surface area contributed by atoms with Crippen LogP contribution < -0.4 is 5.32 Å². The average Bonchev–Trinajstić information content (AvgIpc) is 2.96. The summed E-state index contributed by atoms with van der Waals surface area (Å²) in [7, 11) is -3.66. The van der Waals surface area contributed by atoms with Crippen LogP contribution in [0.3, 0.4) is 0 Å². The van der Waals surface area contributed by atoms with Gasteiger partial charge >= 0.3 is 0 Å². The molecule has 0 radical (unpaired) electrons. The van der Waals surface area contributed by atoms with Crippen molar-refractivity contribution in [1.29, 1.82) is 0 Å². The molecule has 3 rings (SSSR count). The highest BCUT2D eigenvalue weighted by Gasteiger charge is 2.35. The third-order valence-electron chi connectivity index (χ3n) is 4.55. The molecular formula is C17H22N4O4S. The Bertz CT molecular complexity index is 878. The van der Waals surface area contributed by atoms with Crippen molar-refractivity contribution in [3.63, 3.8) is 0 Å². The summed E-state index contributed by atoms with van der Waals surface area (Å²) in [6, 6.07) is 3.63. The molecule has 0 aliphatic carbocycles. The van der Waals surface area contributed by atoms with Gasteiger partial charge in [-0.2, -0.15) is 4.31 Å². The number of aryl methyl sites for hydroxylation is 3. The molecule has 2 aromatic rings. The zero-order valence-corrected chi connectivity index (χ0v) is 15.8. The van der Waals surface area contributed by atoms with Crippen molar-refractivity contribution in [3.05, 3.63) is 35.3 Å². The molecule has 0 atom stereocenters. The van der Waals surface area contributed by atoms with Crippen molar-refractivity contribution in [2.24, 2.45) is 5.92 Å². The lowest BCUT2D eigenvalue weighted by molar-refractivity contribution is -0.120. The largest absolute Gasteiger partial charge is 0.360 e. The van der Waals surface area contributed by atoms with Gasteiger partial charge < -0.3 is 9.84 Å². The van der Waals surface area contributed by atoms with E-state index in [1.807, 2.05) is 13.0 Å². The summed E-state index contributed by atoms with van der Waals surface area (Å²) in [4.78, 5) is 16.7. The maximum Gasteiger partial charge on any atom is 0.248 e. The Hall–Kier alpha value is -2.26. The summed E-state index contributed by atoms with van der Waals surface area (Å²) < 4.78 is 32.0. The zero-order chi connectivity index (χ0) is 18.9. The van der Waals surface area contributed by atoms with Crippen molar-refractivity contribution >= 4 is 21.7 Å². The number of hydrogen-bond donors (Lipinski definition) is 1. The van der Waals surface area contributed by atoms with E-state index in [4.69, 9.17) is 4.52 Å². The number of piperidine rings is 1. The molecule has 1 amide bonds. The number of nitrogens with one attached hydrogen (secondary N) is 1. The Balaban J connectivity index is 1.63. The van der Waals surface area contributed by atoms with E-state index in [2.05, 4.69) is 15.5 Å². The van der Waals surface area contributed by atoms with Gasteiger partial charge in [0.15, 0.2) is 5.76 Å². The van der Waals surface area contributed by atoms with Crippen molar-refractivity contribution in [2.75, 3.05) is 18.4 Å². The fraction of sp³-hybridized carbons (Fsp3) is 0.471. The number of carbonyl (C=O) groups is 1. The van der Waals surface area contributed by atoms with Crippen molar-refractivity contribution in [3.8, 4) is 0 Å². The monoisotopic (exact) mass is 378 g/mol. The van der Waals surface area contributed by atoms with E-state index in [0.29, 0.717) is 24.4 Å². The first-order chi connectivity index (χ1) is 12.3. The van der Waals surface area contributed by atoms with Crippen molar-refractivity contribution < 1.29 is 17.7 Å². The molecule has 0 aromatic carbocycles. The van der Waals surface area contributed by atoms with Gasteiger partial charge in [-0.15, -0.1) is 0 Å². The molecule has 1 N–H and O–H groups in total. The predicted octanol–water partition coefficient (Wildman–Crippen LogP) is 2.03. The van der Waals surface area contributed by atoms with Gasteiger partial charge in [-0.05, 0) is 45.2 Å². The number of pyridine rings is 1. The van der Waals surface area contributed by atoms with Gasteiger partial charge in [0.1, 0.15) is 16.4 Å². The Morgan fingerprint density at radius 3 is 2.46 bits per heavy atom. The fourth-order valence-corrected chi connectivity index (χ4v) is 4.86. The molecule has 2 aromatic heterocycles. The van der Waals surface area contributed by atoms with E-state index in [0.717, 1.165) is 5.56 Å². The molecule has 26 heavy (non-hydrogen) atoms. The minimum Gasteiger partial charge on any atom is -0.360 e. The summed E-state index contributed by atoms with van der Waals surface area (Å²) in [5, 5.41) is 6.52. The molecular weight excluding hydrogens is 356 g/mol. The number of nitrogens with zero attached hydrogens (tertiary/aromatic N) is 3. The second kappa shape index (κ2) is 7.16. The summed E-state index contributed by atoms with van der Waals surface area (Å²) >= 11 is 0. The second-order valence-corrected chi connectivity index (χ2v) is 8.42. The van der Waals surface area contributed by atoms with Gasteiger partial charge in [-0.25, -0.2) is 13.4 Å². The molecule has 1 fully saturated rings. The van der Waals surface area contributed by atoms with Gasteiger partial charge in [0.05, 0.1) is 0 Å². The molecule has 0 saturated carbocycles. The van der Waals surface area contributed by atoms with E-state index in [9.17, 15) is 13.2 Å². The zero-order valence-electron chi connectivity index (χ0n) is 15.0. The van der Waals surface area contributed by atoms with Crippen LogP contribution in [0.4, 0.5) is 5.82 Å². The number of rotatable bonds is 4. The van der Waals surface area contributed by atoms with Crippen molar-refractivity contribution in [2.45, 2.75) is 38.5 Å². The van der Waals surface area contributed by atoms with Crippen LogP contribution in [0.5, 0.6) is 0 Å². The Kier molecular flexibility index (Phi) is 5.10. The number of anilines is 1. The molecule has 0 bridgehead atoms. The summed E-state index contributed by atoms with van der Waals surface area (Å²) in [6.45, 7) is 5.69. The molecule has 1 saturated heterocycles. The normalized spacial score (nSPS) is 16.6. The van der Waals surface area contributed by atoms with Crippen LogP contribution >= 0.6 is 0 Å². The third-order valence-corrected chi connectivity index (χ3v) is 6.70. The number of carbonyl (C=O) groups excluding carboxylic acids is 1. The van der Waals surface area contributed by atoms with Gasteiger partial charge in [0.25, 0.3) is 0 Å². The number of sulfonamides is 1. The maximum absolute atomic E-state index is 12.8. The van der Waals surface area contributed by atoms with Gasteiger partial charge in [-0.3, -0.25) is 4.79 Å². The van der Waals surface area contributed by atoms with E-state index in [-0.39, 0.29) is 35.6 Å². The van der Waals surface area contributed by atoms with Crippen molar-refractivity contribution in [1.82, 2.24) is 14.4 Å². The molecule has 140 valence electrons. The summed E-state index contributed by atoms with van der Waals surface area (Å²) in [5.41, 5.74) is 1.37. The summed E-state index contributed by atoms with van der Waals surface area (Å²) in [6.07, 6.45) is 2.61. The van der Waals surface area contributed by atoms with Gasteiger partial charge in [-0.1, -0.05) is 11.2 Å². The first kappa shape index (κ1) is 18.5. The van der Waals surface area contributed by atoms with Crippen LogP contribution in [0.1, 0.15) is 29.9 Å². The Labute approximate surface area is 152 Å². The van der Waals surface area contributed by atoms with Crippen LogP contribution in [-0.4, -0.2) is 41.9 Å². The SMILES string of the molecule is Cc1ccc(NC(=O)C2CCN(S(=O)(=O)c3c(C)noc3C)CC2)nc1. The number of hydrogen-bond acceptors (Lipinski definition) is 6. The van der Waals surface area contributed by atoms with Gasteiger partial charge in [0.2, 0.25) is 15.9 Å². The standard InChI is InChI=1S/C17H22N4O4S/c1-11-4-5-15(18-10-11)19-17(22)14-6-8-21(9-7-14)26(23,24)16-12(2)20-25-13(16)3/h4-5,10,14H,6-9H2,1-3H3,(H,18,19,22). The highest BCUT2D eigenvalue weighted by molar-refractivity contribution is 7.89. The topological polar surface area (TPSA) is 105 Å². The predicted molar refractivity (Wildman–Crippen MR) is 95.1 cm³/mol. The molecule has 0 spiro atoms. The van der Waals surface area contributed by atoms with Crippen LogP contribution in [-0.2, 0) is 14.8 Å². The maximum atomic E-state index is 12.8. The van der Waals surface area contributed by atoms with E-state index >= 15 is 0 Å². The van der Waals surface area contributed by atoms with E-state index in [1.54, 1.807) is 26.1 Å². The van der Waals surface area contributed by atoms with E-state index < -0.39 is 10.0 Å². The molecule has 3 heterocycles. The third kappa shape index (κ3) is 3.63. The quantitative estimate of drug-likeness (QED) is 0.873. The first-order valence-corrected chi connectivity index (χ1v) is 9.89. The Morgan fingerprint density at radius 2 is 1.92 bits per heavy atom. The highest BCUT2D eigenvalue weighted by atomic mass is 32.2. The molecule has 1 aliphatic heterocycles. The lowest BCUT2D eigenvalue weighted by Crippen LogP contribution is -2.41. The summed E-state index contributed by atoms with van der Waals surface area (Å²) in [5.74, 6) is 0.421. The first-order valence-electron chi connectivity index (χ1n) is 8.45. The minimum atomic E-state index is -3.66. The van der Waals surface area contributed by atoms with Crippen LogP contribution in [0.25, 0.3) is 0 Å². The minimum absolute atomic E-state index is 0.129. The van der Waals surface area contributed by atoms with Crippen LogP contribution in [0.2, 0.25) is 0 Å². The second-order valence-electron chi connectivity index (χ2n) is 6.54. The van der Waals surface area contributed by atoms with Crippen LogP contribution in [0.15, 0.2) is 27.7 Å². The molecule has 8 nitrogen and oxygen atoms in total. The van der Waals surface area contributed by atoms with Gasteiger partial charge in [0, 0.05) is 25.2 Å². The number of amides is 1. The lowest BCUT2D eigenvalue weighted by atomic mass is 9.97.